The fourth-order valence-electron chi connectivity index (χ4n) is 2.02. The van der Waals surface area contributed by atoms with Crippen LogP contribution in [0.4, 0.5) is 0 Å². The molecule has 1 aromatic rings. The molecule has 1 aliphatic heterocycles. The van der Waals surface area contributed by atoms with Crippen LogP contribution < -0.4 is 0 Å². The fourth-order valence-corrected chi connectivity index (χ4v) is 3.28. The summed E-state index contributed by atoms with van der Waals surface area (Å²) in [6, 6.07) is 8.17. The molecule has 1 aliphatic rings. The molecule has 0 spiro atoms. The van der Waals surface area contributed by atoms with Gasteiger partial charge < -0.3 is 0 Å². The van der Waals surface area contributed by atoms with Crippen molar-refractivity contribution < 1.29 is 4.21 Å². The number of hydrogen-bond acceptors (Lipinski definition) is 1. The van der Waals surface area contributed by atoms with Crippen LogP contribution in [0.15, 0.2) is 29.2 Å². The van der Waals surface area contributed by atoms with Crippen molar-refractivity contribution >= 4 is 11.0 Å². The van der Waals surface area contributed by atoms with E-state index in [0.29, 0.717) is 0 Å². The third kappa shape index (κ3) is 2.71. The Morgan fingerprint density at radius 3 is 2.31 bits per heavy atom. The van der Waals surface area contributed by atoms with Gasteiger partial charge in [0.15, 0.2) is 0 Å². The van der Waals surface area contributed by atoms with Crippen molar-refractivity contribution in [3.05, 3.63) is 29.8 Å². The van der Waals surface area contributed by atoms with Crippen molar-refractivity contribution in [3.63, 3.8) is 0 Å². The zero-order valence-corrected chi connectivity index (χ0v) is 10.6. The Kier molecular flexibility index (Phi) is 4.13. The van der Waals surface area contributed by atoms with Crippen LogP contribution in [-0.4, -0.2) is 21.6 Å². The van der Waals surface area contributed by atoms with E-state index in [1.807, 2.05) is 12.1 Å². The van der Waals surface area contributed by atoms with Crippen molar-refractivity contribution in [1.29, 1.82) is 0 Å². The first kappa shape index (κ1) is 11.8. The van der Waals surface area contributed by atoms with E-state index < -0.39 is 11.0 Å². The minimum Gasteiger partial charge on any atom is -0.237 e. The van der Waals surface area contributed by atoms with Gasteiger partial charge in [0, 0.05) is 13.1 Å². The highest BCUT2D eigenvalue weighted by atomic mass is 32.2. The van der Waals surface area contributed by atoms with Crippen LogP contribution in [0.1, 0.15) is 31.7 Å². The minimum absolute atomic E-state index is 0.944. The molecular formula is C13H19NOS. The number of nitrogens with zero attached hydrogens (tertiary/aromatic N) is 1. The zero-order valence-electron chi connectivity index (χ0n) is 9.82. The number of hydrogen-bond donors (Lipinski definition) is 0. The van der Waals surface area contributed by atoms with Crippen LogP contribution >= 0.6 is 0 Å². The predicted octanol–water partition coefficient (Wildman–Crippen LogP) is 2.76. The molecule has 88 valence electrons. The van der Waals surface area contributed by atoms with Gasteiger partial charge in [-0.3, -0.25) is 0 Å². The molecular weight excluding hydrogens is 218 g/mol. The van der Waals surface area contributed by atoms with E-state index in [2.05, 4.69) is 23.4 Å². The van der Waals surface area contributed by atoms with Gasteiger partial charge in [0.1, 0.15) is 11.0 Å². The van der Waals surface area contributed by atoms with E-state index in [0.717, 1.165) is 24.4 Å². The number of rotatable bonds is 3. The normalized spacial score (nSPS) is 19.6. The van der Waals surface area contributed by atoms with E-state index in [1.165, 1.54) is 24.8 Å². The van der Waals surface area contributed by atoms with Crippen molar-refractivity contribution in [2.45, 2.75) is 37.5 Å². The summed E-state index contributed by atoms with van der Waals surface area (Å²) in [5.74, 6) is 0. The first-order chi connectivity index (χ1) is 7.81. The van der Waals surface area contributed by atoms with Crippen LogP contribution in [0, 0.1) is 0 Å². The molecule has 0 saturated carbocycles. The van der Waals surface area contributed by atoms with Crippen molar-refractivity contribution in [2.75, 3.05) is 13.1 Å². The average molecular weight is 237 g/mol. The number of piperidine rings is 1. The third-order valence-corrected chi connectivity index (χ3v) is 4.59. The van der Waals surface area contributed by atoms with E-state index in [4.69, 9.17) is 0 Å². The van der Waals surface area contributed by atoms with Gasteiger partial charge in [-0.05, 0) is 37.0 Å². The summed E-state index contributed by atoms with van der Waals surface area (Å²) in [4.78, 5) is 0.944. The first-order valence-electron chi connectivity index (χ1n) is 6.07. The quantitative estimate of drug-likeness (QED) is 0.791. The second-order valence-corrected chi connectivity index (χ2v) is 5.72. The average Bonchev–Trinajstić information content (AvgIpc) is 2.39. The third-order valence-electron chi connectivity index (χ3n) is 3.08. The molecule has 1 heterocycles. The Balaban J connectivity index is 2.07. The van der Waals surface area contributed by atoms with Gasteiger partial charge in [-0.1, -0.05) is 25.5 Å². The Morgan fingerprint density at radius 1 is 1.12 bits per heavy atom. The molecule has 1 unspecified atom stereocenters. The fraction of sp³-hybridized carbons (Fsp3) is 0.538. The van der Waals surface area contributed by atoms with E-state index in [-0.39, 0.29) is 0 Å². The SMILES string of the molecule is CCc1ccc(S(=O)N2CCCCC2)cc1. The standard InChI is InChI=1S/C13H19NOS/c1-2-12-6-8-13(9-7-12)16(15)14-10-4-3-5-11-14/h6-9H,2-5,10-11H2,1H3. The van der Waals surface area contributed by atoms with Crippen molar-refractivity contribution in [2.24, 2.45) is 0 Å². The molecule has 3 heteroatoms. The Labute approximate surface area is 100 Å². The summed E-state index contributed by atoms with van der Waals surface area (Å²) in [6.07, 6.45) is 4.68. The molecule has 0 aliphatic carbocycles. The lowest BCUT2D eigenvalue weighted by Crippen LogP contribution is -2.31. The molecule has 1 saturated heterocycles. The van der Waals surface area contributed by atoms with Crippen molar-refractivity contribution in [1.82, 2.24) is 4.31 Å². The smallest absolute Gasteiger partial charge is 0.127 e. The number of benzene rings is 1. The topological polar surface area (TPSA) is 20.3 Å². The van der Waals surface area contributed by atoms with Gasteiger partial charge in [0.2, 0.25) is 0 Å². The van der Waals surface area contributed by atoms with E-state index in [9.17, 15) is 4.21 Å². The van der Waals surface area contributed by atoms with Crippen LogP contribution in [0.3, 0.4) is 0 Å². The summed E-state index contributed by atoms with van der Waals surface area (Å²) in [5, 5.41) is 0. The largest absolute Gasteiger partial charge is 0.237 e. The molecule has 0 aromatic heterocycles. The summed E-state index contributed by atoms with van der Waals surface area (Å²) >= 11 is 0. The highest BCUT2D eigenvalue weighted by Gasteiger charge is 2.17. The monoisotopic (exact) mass is 237 g/mol. The molecule has 0 bridgehead atoms. The molecule has 0 radical (unpaired) electrons. The molecule has 1 aromatic carbocycles. The molecule has 16 heavy (non-hydrogen) atoms. The van der Waals surface area contributed by atoms with E-state index >= 15 is 0 Å². The van der Waals surface area contributed by atoms with Crippen LogP contribution in [-0.2, 0) is 17.4 Å². The Hall–Kier alpha value is -0.670. The van der Waals surface area contributed by atoms with Gasteiger partial charge >= 0.3 is 0 Å². The second kappa shape index (κ2) is 5.60. The van der Waals surface area contributed by atoms with Crippen molar-refractivity contribution in [3.8, 4) is 0 Å². The highest BCUT2D eigenvalue weighted by molar-refractivity contribution is 7.82. The van der Waals surface area contributed by atoms with Gasteiger partial charge in [-0.25, -0.2) is 8.51 Å². The highest BCUT2D eigenvalue weighted by Crippen LogP contribution is 2.17. The maximum Gasteiger partial charge on any atom is 0.127 e. The summed E-state index contributed by atoms with van der Waals surface area (Å²) < 4.78 is 14.3. The van der Waals surface area contributed by atoms with Crippen LogP contribution in [0.25, 0.3) is 0 Å². The summed E-state index contributed by atoms with van der Waals surface area (Å²) in [5.41, 5.74) is 1.30. The Morgan fingerprint density at radius 2 is 1.75 bits per heavy atom. The second-order valence-electron chi connectivity index (χ2n) is 4.24. The lowest BCUT2D eigenvalue weighted by Gasteiger charge is -2.25. The molecule has 2 rings (SSSR count). The summed E-state index contributed by atoms with van der Waals surface area (Å²) in [6.45, 7) is 4.08. The lowest BCUT2D eigenvalue weighted by atomic mass is 10.2. The molecule has 1 atom stereocenters. The zero-order chi connectivity index (χ0) is 11.4. The maximum absolute atomic E-state index is 12.2. The molecule has 0 N–H and O–H groups in total. The lowest BCUT2D eigenvalue weighted by molar-refractivity contribution is 0.365. The van der Waals surface area contributed by atoms with Gasteiger partial charge in [0.25, 0.3) is 0 Å². The van der Waals surface area contributed by atoms with Crippen LogP contribution in [0.2, 0.25) is 0 Å². The van der Waals surface area contributed by atoms with Gasteiger partial charge in [0.05, 0.1) is 4.90 Å². The molecule has 0 amide bonds. The maximum atomic E-state index is 12.2. The van der Waals surface area contributed by atoms with Gasteiger partial charge in [-0.15, -0.1) is 0 Å². The van der Waals surface area contributed by atoms with Gasteiger partial charge in [-0.2, -0.15) is 0 Å². The Bertz CT molecular complexity index is 355. The number of aryl methyl sites for hydroxylation is 1. The molecule has 1 fully saturated rings. The van der Waals surface area contributed by atoms with Crippen LogP contribution in [0.5, 0.6) is 0 Å². The predicted molar refractivity (Wildman–Crippen MR) is 67.7 cm³/mol. The molecule has 2 nitrogen and oxygen atoms in total. The summed E-state index contributed by atoms with van der Waals surface area (Å²) in [7, 11) is -0.947. The van der Waals surface area contributed by atoms with E-state index in [1.54, 1.807) is 0 Å². The first-order valence-corrected chi connectivity index (χ1v) is 7.17. The minimum atomic E-state index is -0.947.